The molecule has 5 heteroatoms. The van der Waals surface area contributed by atoms with Crippen LogP contribution in [0.25, 0.3) is 0 Å². The van der Waals surface area contributed by atoms with Crippen LogP contribution in [-0.4, -0.2) is 33.4 Å². The van der Waals surface area contributed by atoms with Gasteiger partial charge in [0.1, 0.15) is 0 Å². The van der Waals surface area contributed by atoms with Crippen molar-refractivity contribution in [3.05, 3.63) is 36.0 Å². The molecular formula is C11H12O5. The molecule has 0 heterocycles. The SMILES string of the molecule is C=C(C[C@@H]1C=C(C(=O)O)C=C[C@H]1O)C(=O)O. The summed E-state index contributed by atoms with van der Waals surface area (Å²) in [6.07, 6.45) is 3.13. The van der Waals surface area contributed by atoms with Crippen molar-refractivity contribution in [2.75, 3.05) is 0 Å². The molecule has 0 unspecified atom stereocenters. The molecule has 0 fully saturated rings. The van der Waals surface area contributed by atoms with Crippen molar-refractivity contribution < 1.29 is 24.9 Å². The zero-order chi connectivity index (χ0) is 12.3. The second-order valence-corrected chi connectivity index (χ2v) is 3.55. The van der Waals surface area contributed by atoms with Gasteiger partial charge in [-0.2, -0.15) is 0 Å². The van der Waals surface area contributed by atoms with Gasteiger partial charge >= 0.3 is 11.9 Å². The van der Waals surface area contributed by atoms with Gasteiger partial charge in [-0.05, 0) is 12.5 Å². The minimum absolute atomic E-state index is 0.0254. The molecule has 86 valence electrons. The fourth-order valence-corrected chi connectivity index (χ4v) is 1.42. The lowest BCUT2D eigenvalue weighted by molar-refractivity contribution is -0.133. The summed E-state index contributed by atoms with van der Waals surface area (Å²) < 4.78 is 0. The molecule has 0 aromatic carbocycles. The lowest BCUT2D eigenvalue weighted by Gasteiger charge is -2.20. The quantitative estimate of drug-likeness (QED) is 0.607. The Morgan fingerprint density at radius 2 is 2.00 bits per heavy atom. The Hall–Kier alpha value is -1.88. The standard InChI is InChI=1S/C11H12O5/c1-6(10(13)14)4-8-5-7(11(15)16)2-3-9(8)12/h2-3,5,8-9,12H,1,4H2,(H,13,14)(H,15,16)/t8-,9-/m1/s1. The van der Waals surface area contributed by atoms with E-state index in [1.54, 1.807) is 0 Å². The van der Waals surface area contributed by atoms with E-state index >= 15 is 0 Å². The van der Waals surface area contributed by atoms with Crippen molar-refractivity contribution in [1.29, 1.82) is 0 Å². The van der Waals surface area contributed by atoms with Crippen LogP contribution in [-0.2, 0) is 9.59 Å². The largest absolute Gasteiger partial charge is 0.478 e. The Balaban J connectivity index is 2.80. The zero-order valence-corrected chi connectivity index (χ0v) is 8.46. The van der Waals surface area contributed by atoms with Crippen LogP contribution in [0.3, 0.4) is 0 Å². The highest BCUT2D eigenvalue weighted by Crippen LogP contribution is 2.23. The van der Waals surface area contributed by atoms with E-state index in [1.807, 2.05) is 0 Å². The van der Waals surface area contributed by atoms with Crippen LogP contribution >= 0.6 is 0 Å². The smallest absolute Gasteiger partial charge is 0.335 e. The molecule has 3 N–H and O–H groups in total. The summed E-state index contributed by atoms with van der Waals surface area (Å²) in [5, 5.41) is 26.9. The van der Waals surface area contributed by atoms with Gasteiger partial charge in [-0.1, -0.05) is 18.7 Å². The Morgan fingerprint density at radius 1 is 1.38 bits per heavy atom. The summed E-state index contributed by atoms with van der Waals surface area (Å²) in [6, 6.07) is 0. The van der Waals surface area contributed by atoms with E-state index in [2.05, 4.69) is 6.58 Å². The molecule has 0 aromatic heterocycles. The van der Waals surface area contributed by atoms with E-state index < -0.39 is 24.0 Å². The maximum Gasteiger partial charge on any atom is 0.335 e. The normalized spacial score (nSPS) is 23.7. The number of aliphatic carboxylic acids is 2. The van der Waals surface area contributed by atoms with Crippen LogP contribution < -0.4 is 0 Å². The molecule has 0 radical (unpaired) electrons. The molecule has 2 atom stereocenters. The number of hydrogen-bond donors (Lipinski definition) is 3. The average molecular weight is 224 g/mol. The van der Waals surface area contributed by atoms with Gasteiger partial charge in [-0.15, -0.1) is 0 Å². The van der Waals surface area contributed by atoms with Gasteiger partial charge in [0, 0.05) is 11.5 Å². The summed E-state index contributed by atoms with van der Waals surface area (Å²) >= 11 is 0. The number of rotatable bonds is 4. The van der Waals surface area contributed by atoms with Gasteiger partial charge in [0.05, 0.1) is 11.7 Å². The van der Waals surface area contributed by atoms with E-state index in [-0.39, 0.29) is 17.6 Å². The number of aliphatic hydroxyl groups is 1. The molecule has 1 rings (SSSR count). The van der Waals surface area contributed by atoms with Crippen LogP contribution in [0.1, 0.15) is 6.42 Å². The molecule has 16 heavy (non-hydrogen) atoms. The maximum atomic E-state index is 10.7. The highest BCUT2D eigenvalue weighted by Gasteiger charge is 2.23. The highest BCUT2D eigenvalue weighted by molar-refractivity contribution is 5.90. The molecule has 0 spiro atoms. The third-order valence-electron chi connectivity index (χ3n) is 2.34. The van der Waals surface area contributed by atoms with Crippen molar-refractivity contribution in [2.24, 2.45) is 5.92 Å². The number of carboxylic acid groups (broad SMARTS) is 2. The minimum Gasteiger partial charge on any atom is -0.478 e. The zero-order valence-electron chi connectivity index (χ0n) is 8.46. The predicted octanol–water partition coefficient (Wildman–Crippen LogP) is 0.575. The molecule has 0 aliphatic heterocycles. The fraction of sp³-hybridized carbons (Fsp3) is 0.273. The van der Waals surface area contributed by atoms with Crippen LogP contribution in [0.2, 0.25) is 0 Å². The lowest BCUT2D eigenvalue weighted by Crippen LogP contribution is -2.22. The number of carboxylic acids is 2. The van der Waals surface area contributed by atoms with E-state index in [4.69, 9.17) is 10.2 Å². The number of aliphatic hydroxyl groups excluding tert-OH is 1. The van der Waals surface area contributed by atoms with Crippen LogP contribution in [0, 0.1) is 5.92 Å². The van der Waals surface area contributed by atoms with Gasteiger partial charge in [0.25, 0.3) is 0 Å². The molecule has 0 bridgehead atoms. The summed E-state index contributed by atoms with van der Waals surface area (Å²) in [7, 11) is 0. The van der Waals surface area contributed by atoms with Crippen LogP contribution in [0.4, 0.5) is 0 Å². The van der Waals surface area contributed by atoms with Crippen LogP contribution in [0.15, 0.2) is 36.0 Å². The first kappa shape index (κ1) is 12.2. The molecule has 0 aromatic rings. The maximum absolute atomic E-state index is 10.7. The van der Waals surface area contributed by atoms with E-state index in [1.165, 1.54) is 18.2 Å². The summed E-state index contributed by atoms with van der Waals surface area (Å²) in [4.78, 5) is 21.2. The molecular weight excluding hydrogens is 212 g/mol. The summed E-state index contributed by atoms with van der Waals surface area (Å²) in [6.45, 7) is 3.34. The Kier molecular flexibility index (Phi) is 3.63. The summed E-state index contributed by atoms with van der Waals surface area (Å²) in [5.74, 6) is -2.80. The fourth-order valence-electron chi connectivity index (χ4n) is 1.42. The Morgan fingerprint density at radius 3 is 2.50 bits per heavy atom. The summed E-state index contributed by atoms with van der Waals surface area (Å²) in [5.41, 5.74) is -0.00572. The van der Waals surface area contributed by atoms with Gasteiger partial charge in [-0.3, -0.25) is 0 Å². The minimum atomic E-state index is -1.15. The van der Waals surface area contributed by atoms with Crippen molar-refractivity contribution in [3.63, 3.8) is 0 Å². The first-order chi connectivity index (χ1) is 7.41. The molecule has 0 saturated heterocycles. The van der Waals surface area contributed by atoms with Crippen molar-refractivity contribution >= 4 is 11.9 Å². The van der Waals surface area contributed by atoms with Gasteiger partial charge < -0.3 is 15.3 Å². The van der Waals surface area contributed by atoms with E-state index in [0.717, 1.165) is 0 Å². The second-order valence-electron chi connectivity index (χ2n) is 3.55. The molecule has 0 saturated carbocycles. The number of hydrogen-bond acceptors (Lipinski definition) is 3. The molecule has 5 nitrogen and oxygen atoms in total. The highest BCUT2D eigenvalue weighted by atomic mass is 16.4. The lowest BCUT2D eigenvalue weighted by atomic mass is 9.88. The monoisotopic (exact) mass is 224 g/mol. The third-order valence-corrected chi connectivity index (χ3v) is 2.34. The van der Waals surface area contributed by atoms with Crippen molar-refractivity contribution in [3.8, 4) is 0 Å². The van der Waals surface area contributed by atoms with E-state index in [0.29, 0.717) is 0 Å². The molecule has 0 amide bonds. The Labute approximate surface area is 92.0 Å². The predicted molar refractivity (Wildman–Crippen MR) is 55.7 cm³/mol. The third kappa shape index (κ3) is 2.80. The van der Waals surface area contributed by atoms with Crippen molar-refractivity contribution in [1.82, 2.24) is 0 Å². The van der Waals surface area contributed by atoms with Gasteiger partial charge in [-0.25, -0.2) is 9.59 Å². The first-order valence-corrected chi connectivity index (χ1v) is 4.64. The topological polar surface area (TPSA) is 94.8 Å². The molecule has 1 aliphatic rings. The van der Waals surface area contributed by atoms with E-state index in [9.17, 15) is 14.7 Å². The van der Waals surface area contributed by atoms with Gasteiger partial charge in [0.15, 0.2) is 0 Å². The average Bonchev–Trinajstić information content (AvgIpc) is 2.20. The number of carbonyl (C=O) groups is 2. The molecule has 1 aliphatic carbocycles. The van der Waals surface area contributed by atoms with Crippen LogP contribution in [0.5, 0.6) is 0 Å². The Bertz CT molecular complexity index is 391. The second kappa shape index (κ2) is 4.76. The van der Waals surface area contributed by atoms with Crippen molar-refractivity contribution in [2.45, 2.75) is 12.5 Å². The first-order valence-electron chi connectivity index (χ1n) is 4.64. The van der Waals surface area contributed by atoms with Gasteiger partial charge in [0.2, 0.25) is 0 Å².